The fourth-order valence-corrected chi connectivity index (χ4v) is 4.94. The number of para-hydroxylation sites is 1. The van der Waals surface area contributed by atoms with Crippen molar-refractivity contribution in [1.82, 2.24) is 4.90 Å². The molecule has 0 bridgehead atoms. The van der Waals surface area contributed by atoms with Gasteiger partial charge in [0.1, 0.15) is 0 Å². The van der Waals surface area contributed by atoms with Crippen LogP contribution >= 0.6 is 0 Å². The van der Waals surface area contributed by atoms with Crippen LogP contribution in [0.1, 0.15) is 65.9 Å². The number of carbonyl (C=O) groups is 1. The van der Waals surface area contributed by atoms with Gasteiger partial charge in [-0.05, 0) is 55.8 Å². The van der Waals surface area contributed by atoms with Crippen molar-refractivity contribution in [3.05, 3.63) is 65.2 Å². The van der Waals surface area contributed by atoms with E-state index in [1.165, 1.54) is 42.5 Å². The molecule has 0 atom stereocenters. The predicted octanol–water partition coefficient (Wildman–Crippen LogP) is 5.44. The van der Waals surface area contributed by atoms with Crippen molar-refractivity contribution in [1.29, 1.82) is 0 Å². The number of piperazine rings is 1. The molecule has 29 heavy (non-hydrogen) atoms. The van der Waals surface area contributed by atoms with Gasteiger partial charge in [-0.1, -0.05) is 55.3 Å². The highest BCUT2D eigenvalue weighted by molar-refractivity contribution is 5.96. The minimum Gasteiger partial charge on any atom is -0.369 e. The highest BCUT2D eigenvalue weighted by Gasteiger charge is 2.19. The summed E-state index contributed by atoms with van der Waals surface area (Å²) in [5, 5.41) is 0. The summed E-state index contributed by atoms with van der Waals surface area (Å²) < 4.78 is 0. The van der Waals surface area contributed by atoms with Crippen molar-refractivity contribution >= 4 is 11.5 Å². The molecule has 4 rings (SSSR count). The number of Topliss-reactive ketones (excluding diaryl/α,β-unsaturated/α-hetero) is 1. The molecule has 1 heterocycles. The standard InChI is InChI=1S/C26H34N2O/c1-21-7-2-5-10-25(21)28-19-17-27(18-20-28)16-6-11-26(29)24-14-12-23(13-15-24)22-8-3-4-9-22/h2,5,7,10,12-15,22H,3-4,6,8-9,11,16-20H2,1H3. The third kappa shape index (κ3) is 5.08. The Balaban J connectivity index is 1.19. The van der Waals surface area contributed by atoms with E-state index in [1.807, 2.05) is 0 Å². The average Bonchev–Trinajstić information content (AvgIpc) is 3.30. The van der Waals surface area contributed by atoms with Gasteiger partial charge in [-0.15, -0.1) is 0 Å². The maximum Gasteiger partial charge on any atom is 0.162 e. The third-order valence-corrected chi connectivity index (χ3v) is 6.77. The summed E-state index contributed by atoms with van der Waals surface area (Å²) in [5.74, 6) is 1.01. The van der Waals surface area contributed by atoms with E-state index < -0.39 is 0 Å². The van der Waals surface area contributed by atoms with Crippen LogP contribution in [0.2, 0.25) is 0 Å². The molecule has 154 valence electrons. The highest BCUT2D eigenvalue weighted by Crippen LogP contribution is 2.34. The van der Waals surface area contributed by atoms with E-state index in [-0.39, 0.29) is 0 Å². The Morgan fingerprint density at radius 1 is 0.931 bits per heavy atom. The van der Waals surface area contributed by atoms with Gasteiger partial charge in [0.2, 0.25) is 0 Å². The Kier molecular flexibility index (Phi) is 6.66. The van der Waals surface area contributed by atoms with Crippen LogP contribution in [0.25, 0.3) is 0 Å². The fraction of sp³-hybridized carbons (Fsp3) is 0.500. The van der Waals surface area contributed by atoms with Crippen molar-refractivity contribution in [3.63, 3.8) is 0 Å². The topological polar surface area (TPSA) is 23.6 Å². The van der Waals surface area contributed by atoms with Gasteiger partial charge in [0.25, 0.3) is 0 Å². The summed E-state index contributed by atoms with van der Waals surface area (Å²) in [6, 6.07) is 17.1. The van der Waals surface area contributed by atoms with E-state index in [0.717, 1.165) is 50.6 Å². The van der Waals surface area contributed by atoms with Gasteiger partial charge in [0, 0.05) is 43.9 Å². The molecule has 1 aliphatic heterocycles. The normalized spacial score (nSPS) is 18.3. The second-order valence-corrected chi connectivity index (χ2v) is 8.75. The van der Waals surface area contributed by atoms with Gasteiger partial charge in [-0.2, -0.15) is 0 Å². The fourth-order valence-electron chi connectivity index (χ4n) is 4.94. The van der Waals surface area contributed by atoms with Crippen molar-refractivity contribution in [3.8, 4) is 0 Å². The number of nitrogens with zero attached hydrogens (tertiary/aromatic N) is 2. The van der Waals surface area contributed by atoms with E-state index in [0.29, 0.717) is 12.2 Å². The maximum atomic E-state index is 12.6. The zero-order chi connectivity index (χ0) is 20.1. The lowest BCUT2D eigenvalue weighted by Gasteiger charge is -2.36. The second-order valence-electron chi connectivity index (χ2n) is 8.75. The molecule has 0 amide bonds. The third-order valence-electron chi connectivity index (χ3n) is 6.77. The minimum atomic E-state index is 0.293. The summed E-state index contributed by atoms with van der Waals surface area (Å²) >= 11 is 0. The van der Waals surface area contributed by atoms with Gasteiger partial charge in [0.05, 0.1) is 0 Å². The average molecular weight is 391 g/mol. The zero-order valence-corrected chi connectivity index (χ0v) is 17.8. The van der Waals surface area contributed by atoms with Crippen LogP contribution in [0, 0.1) is 6.92 Å². The Hall–Kier alpha value is -2.13. The van der Waals surface area contributed by atoms with Crippen LogP contribution in [0.15, 0.2) is 48.5 Å². The lowest BCUT2D eigenvalue weighted by atomic mass is 9.95. The molecule has 2 aromatic carbocycles. The Bertz CT molecular complexity index is 800. The largest absolute Gasteiger partial charge is 0.369 e. The number of aryl methyl sites for hydroxylation is 1. The number of hydrogen-bond acceptors (Lipinski definition) is 3. The zero-order valence-electron chi connectivity index (χ0n) is 17.8. The van der Waals surface area contributed by atoms with Gasteiger partial charge in [0.15, 0.2) is 5.78 Å². The monoisotopic (exact) mass is 390 g/mol. The van der Waals surface area contributed by atoms with Gasteiger partial charge < -0.3 is 4.90 Å². The van der Waals surface area contributed by atoms with Crippen LogP contribution in [0.4, 0.5) is 5.69 Å². The predicted molar refractivity (Wildman–Crippen MR) is 121 cm³/mol. The van der Waals surface area contributed by atoms with Gasteiger partial charge in [-0.25, -0.2) is 0 Å². The van der Waals surface area contributed by atoms with Crippen molar-refractivity contribution in [2.45, 2.75) is 51.4 Å². The first-order valence-electron chi connectivity index (χ1n) is 11.4. The summed E-state index contributed by atoms with van der Waals surface area (Å²) in [7, 11) is 0. The lowest BCUT2D eigenvalue weighted by molar-refractivity contribution is 0.0974. The number of hydrogen-bond donors (Lipinski definition) is 0. The first-order valence-corrected chi connectivity index (χ1v) is 11.4. The molecule has 0 spiro atoms. The SMILES string of the molecule is Cc1ccccc1N1CCN(CCCC(=O)c2ccc(C3CCCC3)cc2)CC1. The molecule has 2 aliphatic rings. The van der Waals surface area contributed by atoms with Gasteiger partial charge in [-0.3, -0.25) is 9.69 Å². The molecule has 0 aromatic heterocycles. The number of ketones is 1. The molecule has 0 radical (unpaired) electrons. The molecular weight excluding hydrogens is 356 g/mol. The van der Waals surface area contributed by atoms with E-state index in [2.05, 4.69) is 65.3 Å². The molecule has 3 nitrogen and oxygen atoms in total. The van der Waals surface area contributed by atoms with Crippen molar-refractivity contribution in [2.75, 3.05) is 37.6 Å². The van der Waals surface area contributed by atoms with E-state index in [9.17, 15) is 4.79 Å². The van der Waals surface area contributed by atoms with E-state index in [1.54, 1.807) is 0 Å². The van der Waals surface area contributed by atoms with Crippen LogP contribution in [-0.2, 0) is 0 Å². The van der Waals surface area contributed by atoms with Crippen molar-refractivity contribution in [2.24, 2.45) is 0 Å². The molecular formula is C26H34N2O. The molecule has 1 aliphatic carbocycles. The first kappa shape index (κ1) is 20.2. The Morgan fingerprint density at radius 3 is 2.31 bits per heavy atom. The van der Waals surface area contributed by atoms with Crippen LogP contribution < -0.4 is 4.90 Å². The lowest BCUT2D eigenvalue weighted by Crippen LogP contribution is -2.46. The summed E-state index contributed by atoms with van der Waals surface area (Å²) in [5.41, 5.74) is 5.02. The summed E-state index contributed by atoms with van der Waals surface area (Å²) in [6.07, 6.45) is 6.93. The smallest absolute Gasteiger partial charge is 0.162 e. The van der Waals surface area contributed by atoms with Crippen molar-refractivity contribution < 1.29 is 4.79 Å². The Labute approximate surface area is 175 Å². The number of rotatable bonds is 7. The van der Waals surface area contributed by atoms with E-state index in [4.69, 9.17) is 0 Å². The summed E-state index contributed by atoms with van der Waals surface area (Å²) in [6.45, 7) is 7.52. The maximum absolute atomic E-state index is 12.6. The first-order chi connectivity index (χ1) is 14.2. The van der Waals surface area contributed by atoms with Gasteiger partial charge >= 0.3 is 0 Å². The quantitative estimate of drug-likeness (QED) is 0.588. The number of anilines is 1. The summed E-state index contributed by atoms with van der Waals surface area (Å²) in [4.78, 5) is 17.6. The Morgan fingerprint density at radius 2 is 1.62 bits per heavy atom. The number of benzene rings is 2. The highest BCUT2D eigenvalue weighted by atomic mass is 16.1. The molecule has 1 saturated carbocycles. The second kappa shape index (κ2) is 9.58. The van der Waals surface area contributed by atoms with E-state index >= 15 is 0 Å². The molecule has 2 fully saturated rings. The van der Waals surface area contributed by atoms with Crippen LogP contribution in [0.5, 0.6) is 0 Å². The minimum absolute atomic E-state index is 0.293. The molecule has 1 saturated heterocycles. The molecule has 0 N–H and O–H groups in total. The number of carbonyl (C=O) groups excluding carboxylic acids is 1. The molecule has 0 unspecified atom stereocenters. The molecule has 3 heteroatoms. The van der Waals surface area contributed by atoms with Crippen LogP contribution in [-0.4, -0.2) is 43.4 Å². The molecule has 2 aromatic rings. The van der Waals surface area contributed by atoms with Crippen LogP contribution in [0.3, 0.4) is 0 Å².